The average Bonchev–Trinajstić information content (AvgIpc) is 2.82. The van der Waals surface area contributed by atoms with Crippen LogP contribution in [0.2, 0.25) is 0 Å². The monoisotopic (exact) mass is 430 g/mol. The van der Waals surface area contributed by atoms with Crippen LogP contribution in [0, 0.1) is 20.8 Å². The van der Waals surface area contributed by atoms with Crippen LogP contribution in [-0.4, -0.2) is 53.6 Å². The molecule has 0 N–H and O–H groups in total. The van der Waals surface area contributed by atoms with Crippen molar-refractivity contribution in [3.63, 3.8) is 0 Å². The van der Waals surface area contributed by atoms with E-state index in [0.29, 0.717) is 19.7 Å². The smallest absolute Gasteiger partial charge is 0.248 e. The number of aryl methyl sites for hydroxylation is 2. The predicted molar refractivity (Wildman–Crippen MR) is 127 cm³/mol. The highest BCUT2D eigenvalue weighted by atomic mass is 16.5. The molecule has 1 aromatic heterocycles. The minimum atomic E-state index is 0.0384. The van der Waals surface area contributed by atoms with Crippen LogP contribution in [0.5, 0.6) is 0 Å². The normalized spacial score (nSPS) is 14.0. The van der Waals surface area contributed by atoms with Crippen LogP contribution >= 0.6 is 0 Å². The highest BCUT2D eigenvalue weighted by Crippen LogP contribution is 2.25. The van der Waals surface area contributed by atoms with E-state index in [4.69, 9.17) is 14.7 Å². The first kappa shape index (κ1) is 22.0. The summed E-state index contributed by atoms with van der Waals surface area (Å²) in [5, 5.41) is 0. The van der Waals surface area contributed by atoms with Gasteiger partial charge >= 0.3 is 0 Å². The molecule has 0 saturated carbocycles. The van der Waals surface area contributed by atoms with Gasteiger partial charge in [-0.15, -0.1) is 0 Å². The van der Waals surface area contributed by atoms with Crippen molar-refractivity contribution >= 4 is 11.7 Å². The Morgan fingerprint density at radius 1 is 0.906 bits per heavy atom. The number of carbonyl (C=O) groups is 1. The van der Waals surface area contributed by atoms with Gasteiger partial charge in [-0.1, -0.05) is 60.2 Å². The number of rotatable bonds is 6. The van der Waals surface area contributed by atoms with E-state index in [1.807, 2.05) is 42.2 Å². The second-order valence-corrected chi connectivity index (χ2v) is 8.29. The summed E-state index contributed by atoms with van der Waals surface area (Å²) in [6, 6.07) is 18.2. The van der Waals surface area contributed by atoms with E-state index in [1.165, 1.54) is 5.56 Å². The van der Waals surface area contributed by atoms with Crippen LogP contribution in [0.4, 0.5) is 5.82 Å². The van der Waals surface area contributed by atoms with E-state index in [2.05, 4.69) is 43.0 Å². The van der Waals surface area contributed by atoms with Crippen LogP contribution in [0.3, 0.4) is 0 Å². The lowest BCUT2D eigenvalue weighted by Gasteiger charge is -2.36. The summed E-state index contributed by atoms with van der Waals surface area (Å²) < 4.78 is 5.63. The molecule has 2 aromatic carbocycles. The van der Waals surface area contributed by atoms with E-state index in [9.17, 15) is 4.79 Å². The first-order valence-electron chi connectivity index (χ1n) is 11.1. The second kappa shape index (κ2) is 9.92. The number of piperazine rings is 1. The van der Waals surface area contributed by atoms with Gasteiger partial charge in [0.15, 0.2) is 5.82 Å². The summed E-state index contributed by atoms with van der Waals surface area (Å²) in [4.78, 5) is 26.3. The third-order valence-corrected chi connectivity index (χ3v) is 5.94. The number of ether oxygens (including phenoxy) is 1. The minimum Gasteiger partial charge on any atom is -0.367 e. The zero-order chi connectivity index (χ0) is 22.5. The van der Waals surface area contributed by atoms with Crippen LogP contribution in [-0.2, 0) is 16.1 Å². The molecule has 6 heteroatoms. The standard InChI is InChI=1S/C26H30N4O2/c1-19-9-11-23(12-10-19)25-27-21(3)20(2)26(28-25)30-15-13-29(14-16-30)24(31)18-32-17-22-7-5-4-6-8-22/h4-12H,13-18H2,1-3H3. The fraction of sp³-hybridized carbons (Fsp3) is 0.346. The van der Waals surface area contributed by atoms with Crippen molar-refractivity contribution in [1.82, 2.24) is 14.9 Å². The van der Waals surface area contributed by atoms with Crippen LogP contribution in [0.15, 0.2) is 54.6 Å². The maximum absolute atomic E-state index is 12.6. The predicted octanol–water partition coefficient (Wildman–Crippen LogP) is 3.93. The quantitative estimate of drug-likeness (QED) is 0.593. The van der Waals surface area contributed by atoms with Gasteiger partial charge in [-0.2, -0.15) is 0 Å². The Labute approximate surface area is 189 Å². The zero-order valence-electron chi connectivity index (χ0n) is 19.0. The molecule has 6 nitrogen and oxygen atoms in total. The van der Waals surface area contributed by atoms with Gasteiger partial charge < -0.3 is 14.5 Å². The lowest BCUT2D eigenvalue weighted by Crippen LogP contribution is -2.50. The van der Waals surface area contributed by atoms with Crippen molar-refractivity contribution in [2.75, 3.05) is 37.7 Å². The van der Waals surface area contributed by atoms with Crippen molar-refractivity contribution in [3.05, 3.63) is 77.0 Å². The Balaban J connectivity index is 1.37. The Kier molecular flexibility index (Phi) is 6.81. The molecule has 1 amide bonds. The average molecular weight is 431 g/mol. The molecule has 1 saturated heterocycles. The maximum atomic E-state index is 12.6. The van der Waals surface area contributed by atoms with Gasteiger partial charge in [-0.25, -0.2) is 9.97 Å². The number of benzene rings is 2. The number of aromatic nitrogens is 2. The van der Waals surface area contributed by atoms with Gasteiger partial charge in [-0.05, 0) is 26.3 Å². The third kappa shape index (κ3) is 5.14. The number of amides is 1. The Bertz CT molecular complexity index is 1060. The molecule has 2 heterocycles. The molecule has 4 rings (SSSR count). The summed E-state index contributed by atoms with van der Waals surface area (Å²) in [6.07, 6.45) is 0. The topological polar surface area (TPSA) is 58.6 Å². The van der Waals surface area contributed by atoms with Crippen molar-refractivity contribution in [3.8, 4) is 11.4 Å². The molecule has 0 radical (unpaired) electrons. The second-order valence-electron chi connectivity index (χ2n) is 8.29. The van der Waals surface area contributed by atoms with Gasteiger partial charge in [-0.3, -0.25) is 4.79 Å². The maximum Gasteiger partial charge on any atom is 0.248 e. The molecule has 0 unspecified atom stereocenters. The summed E-state index contributed by atoms with van der Waals surface area (Å²) in [5.41, 5.74) is 5.38. The summed E-state index contributed by atoms with van der Waals surface area (Å²) in [6.45, 7) is 9.55. The van der Waals surface area contributed by atoms with Gasteiger partial charge in [0.05, 0.1) is 6.61 Å². The lowest BCUT2D eigenvalue weighted by atomic mass is 10.1. The molecular weight excluding hydrogens is 400 g/mol. The van der Waals surface area contributed by atoms with E-state index >= 15 is 0 Å². The summed E-state index contributed by atoms with van der Waals surface area (Å²) in [5.74, 6) is 1.74. The number of hydrogen-bond acceptors (Lipinski definition) is 5. The molecule has 1 aliphatic heterocycles. The van der Waals surface area contributed by atoms with E-state index in [0.717, 1.165) is 47.1 Å². The zero-order valence-corrected chi connectivity index (χ0v) is 19.0. The fourth-order valence-corrected chi connectivity index (χ4v) is 3.84. The lowest BCUT2D eigenvalue weighted by molar-refractivity contribution is -0.136. The van der Waals surface area contributed by atoms with Crippen molar-refractivity contribution in [2.24, 2.45) is 0 Å². The first-order valence-corrected chi connectivity index (χ1v) is 11.1. The minimum absolute atomic E-state index is 0.0384. The molecule has 0 bridgehead atoms. The molecular formula is C26H30N4O2. The van der Waals surface area contributed by atoms with Crippen LogP contribution in [0.1, 0.15) is 22.4 Å². The molecule has 166 valence electrons. The Hall–Kier alpha value is -3.25. The summed E-state index contributed by atoms with van der Waals surface area (Å²) >= 11 is 0. The largest absolute Gasteiger partial charge is 0.367 e. The van der Waals surface area contributed by atoms with Gasteiger partial charge in [0.25, 0.3) is 0 Å². The fourth-order valence-electron chi connectivity index (χ4n) is 3.84. The van der Waals surface area contributed by atoms with E-state index in [1.54, 1.807) is 0 Å². The molecule has 0 aliphatic carbocycles. The van der Waals surface area contributed by atoms with E-state index in [-0.39, 0.29) is 12.5 Å². The molecule has 3 aromatic rings. The number of anilines is 1. The van der Waals surface area contributed by atoms with Gasteiger partial charge in [0.1, 0.15) is 12.4 Å². The summed E-state index contributed by atoms with van der Waals surface area (Å²) in [7, 11) is 0. The SMILES string of the molecule is Cc1ccc(-c2nc(C)c(C)c(N3CCN(C(=O)COCc4ccccc4)CC3)n2)cc1. The van der Waals surface area contributed by atoms with Crippen molar-refractivity contribution in [2.45, 2.75) is 27.4 Å². The highest BCUT2D eigenvalue weighted by Gasteiger charge is 2.24. The molecule has 1 aliphatic rings. The number of nitrogens with zero attached hydrogens (tertiary/aromatic N) is 4. The van der Waals surface area contributed by atoms with Crippen molar-refractivity contribution < 1.29 is 9.53 Å². The van der Waals surface area contributed by atoms with Crippen molar-refractivity contribution in [1.29, 1.82) is 0 Å². The van der Waals surface area contributed by atoms with Gasteiger partial charge in [0, 0.05) is 43.0 Å². The molecule has 0 spiro atoms. The third-order valence-electron chi connectivity index (χ3n) is 5.94. The number of hydrogen-bond donors (Lipinski definition) is 0. The van der Waals surface area contributed by atoms with Crippen LogP contribution < -0.4 is 4.90 Å². The Morgan fingerprint density at radius 2 is 1.59 bits per heavy atom. The molecule has 0 atom stereocenters. The first-order chi connectivity index (χ1) is 15.5. The van der Waals surface area contributed by atoms with Crippen LogP contribution in [0.25, 0.3) is 11.4 Å². The Morgan fingerprint density at radius 3 is 2.28 bits per heavy atom. The van der Waals surface area contributed by atoms with Gasteiger partial charge in [0.2, 0.25) is 5.91 Å². The molecule has 32 heavy (non-hydrogen) atoms. The number of carbonyl (C=O) groups excluding carboxylic acids is 1. The highest BCUT2D eigenvalue weighted by molar-refractivity contribution is 5.77. The van der Waals surface area contributed by atoms with E-state index < -0.39 is 0 Å². The molecule has 1 fully saturated rings.